The van der Waals surface area contributed by atoms with Crippen LogP contribution in [-0.4, -0.2) is 35.9 Å². The smallest absolute Gasteiger partial charge is 0.259 e. The Hall–Kier alpha value is -2.15. The molecule has 1 fully saturated rings. The lowest BCUT2D eigenvalue weighted by molar-refractivity contribution is -0.117. The van der Waals surface area contributed by atoms with Crippen molar-refractivity contribution >= 4 is 48.0 Å². The minimum absolute atomic E-state index is 0. The van der Waals surface area contributed by atoms with Gasteiger partial charge in [-0.3, -0.25) is 14.6 Å². The Balaban J connectivity index is 0.00000131. The van der Waals surface area contributed by atoms with Crippen molar-refractivity contribution in [3.8, 4) is 0 Å². The summed E-state index contributed by atoms with van der Waals surface area (Å²) in [5.41, 5.74) is 3.36. The Morgan fingerprint density at radius 1 is 1.22 bits per heavy atom. The zero-order valence-electron chi connectivity index (χ0n) is 14.7. The first-order valence-electron chi connectivity index (χ1n) is 8.61. The predicted molar refractivity (Wildman–Crippen MR) is 110 cm³/mol. The van der Waals surface area contributed by atoms with E-state index in [1.165, 1.54) is 0 Å². The number of hydrogen-bond donors (Lipinski definition) is 2. The summed E-state index contributed by atoms with van der Waals surface area (Å²) in [4.78, 5) is 30.7. The highest BCUT2D eigenvalue weighted by Crippen LogP contribution is 2.31. The van der Waals surface area contributed by atoms with Crippen LogP contribution in [-0.2, 0) is 11.2 Å². The number of nitrogens with zero attached hydrogens (tertiary/aromatic N) is 2. The number of fused-ring (bicyclic) bond motifs is 1. The Kier molecular flexibility index (Phi) is 7.18. The summed E-state index contributed by atoms with van der Waals surface area (Å²) >= 11 is 0. The number of hydrogen-bond acceptors (Lipinski definition) is 4. The second kappa shape index (κ2) is 9.17. The van der Waals surface area contributed by atoms with Crippen molar-refractivity contribution in [2.24, 2.45) is 0 Å². The van der Waals surface area contributed by atoms with Crippen LogP contribution in [0.5, 0.6) is 0 Å². The topological polar surface area (TPSA) is 74.3 Å². The Morgan fingerprint density at radius 2 is 2.07 bits per heavy atom. The quantitative estimate of drug-likeness (QED) is 0.818. The van der Waals surface area contributed by atoms with Gasteiger partial charge in [-0.1, -0.05) is 0 Å². The van der Waals surface area contributed by atoms with E-state index in [-0.39, 0.29) is 42.7 Å². The van der Waals surface area contributed by atoms with Crippen LogP contribution in [0, 0.1) is 0 Å². The minimum atomic E-state index is -0.100. The molecule has 144 valence electrons. The zero-order valence-corrected chi connectivity index (χ0v) is 16.3. The molecule has 2 amide bonds. The molecule has 1 aromatic heterocycles. The maximum absolute atomic E-state index is 12.7. The largest absolute Gasteiger partial charge is 0.325 e. The number of nitrogens with one attached hydrogen (secondary N) is 2. The summed E-state index contributed by atoms with van der Waals surface area (Å²) in [6.07, 6.45) is 5.94. The molecule has 2 aliphatic heterocycles. The van der Waals surface area contributed by atoms with E-state index in [4.69, 9.17) is 0 Å². The molecular weight excluding hydrogens is 387 g/mol. The third-order valence-electron chi connectivity index (χ3n) is 4.77. The van der Waals surface area contributed by atoms with Crippen LogP contribution in [0.3, 0.4) is 0 Å². The van der Waals surface area contributed by atoms with Crippen molar-refractivity contribution in [1.29, 1.82) is 0 Å². The summed E-state index contributed by atoms with van der Waals surface area (Å²) in [7, 11) is 0. The fourth-order valence-electron chi connectivity index (χ4n) is 3.47. The molecule has 2 N–H and O–H groups in total. The maximum Gasteiger partial charge on any atom is 0.259 e. The summed E-state index contributed by atoms with van der Waals surface area (Å²) in [5.74, 6) is -0.0301. The first kappa shape index (κ1) is 21.2. The van der Waals surface area contributed by atoms with Crippen molar-refractivity contribution in [1.82, 2.24) is 10.3 Å². The van der Waals surface area contributed by atoms with Gasteiger partial charge in [0, 0.05) is 30.3 Å². The fourth-order valence-corrected chi connectivity index (χ4v) is 3.47. The van der Waals surface area contributed by atoms with E-state index in [1.54, 1.807) is 29.4 Å². The number of pyridine rings is 1. The van der Waals surface area contributed by atoms with Gasteiger partial charge in [-0.15, -0.1) is 24.8 Å². The number of aromatic nitrogens is 1. The number of rotatable bonds is 3. The standard InChI is InChI=1S/C19H20N4O2.2ClH/c24-18(16-4-2-9-21-16)22-15-5-6-17-13(11-15)7-10-23(17)19(25)14-3-1-8-20-12-14;;/h1,3,5-6,8,11-12,16,21H,2,4,7,9-10H2,(H,22,24);2*1H. The molecule has 0 spiro atoms. The Morgan fingerprint density at radius 3 is 2.78 bits per heavy atom. The molecule has 0 aliphatic carbocycles. The SMILES string of the molecule is Cl.Cl.O=C(Nc1ccc2c(c1)CCN2C(=O)c1cccnc1)C1CCCN1. The normalized spacial score (nSPS) is 17.5. The Labute approximate surface area is 170 Å². The lowest BCUT2D eigenvalue weighted by atomic mass is 10.1. The van der Waals surface area contributed by atoms with Crippen LogP contribution in [0.1, 0.15) is 28.8 Å². The van der Waals surface area contributed by atoms with Gasteiger partial charge in [0.1, 0.15) is 0 Å². The van der Waals surface area contributed by atoms with Gasteiger partial charge in [-0.05, 0) is 61.7 Å². The number of carbonyl (C=O) groups excluding carboxylic acids is 2. The van der Waals surface area contributed by atoms with Crippen LogP contribution in [0.4, 0.5) is 11.4 Å². The number of benzene rings is 1. The van der Waals surface area contributed by atoms with Crippen LogP contribution >= 0.6 is 24.8 Å². The monoisotopic (exact) mass is 408 g/mol. The first-order chi connectivity index (χ1) is 12.2. The van der Waals surface area contributed by atoms with Gasteiger partial charge in [-0.2, -0.15) is 0 Å². The molecule has 4 rings (SSSR count). The van der Waals surface area contributed by atoms with E-state index in [1.807, 2.05) is 18.2 Å². The maximum atomic E-state index is 12.7. The zero-order chi connectivity index (χ0) is 17.2. The molecular formula is C19H22Cl2N4O2. The molecule has 0 radical (unpaired) electrons. The third kappa shape index (κ3) is 4.40. The molecule has 1 unspecified atom stereocenters. The molecule has 2 aliphatic rings. The van der Waals surface area contributed by atoms with Crippen molar-refractivity contribution in [3.63, 3.8) is 0 Å². The highest BCUT2D eigenvalue weighted by molar-refractivity contribution is 6.07. The summed E-state index contributed by atoms with van der Waals surface area (Å²) in [5, 5.41) is 6.17. The predicted octanol–water partition coefficient (Wildman–Crippen LogP) is 2.82. The summed E-state index contributed by atoms with van der Waals surface area (Å²) in [6.45, 7) is 1.54. The Bertz CT molecular complexity index is 811. The average Bonchev–Trinajstić information content (AvgIpc) is 3.31. The van der Waals surface area contributed by atoms with Crippen LogP contribution in [0.15, 0.2) is 42.7 Å². The molecule has 6 nitrogen and oxygen atoms in total. The third-order valence-corrected chi connectivity index (χ3v) is 4.77. The molecule has 1 atom stereocenters. The van der Waals surface area contributed by atoms with Gasteiger partial charge in [0.2, 0.25) is 5.91 Å². The number of halogens is 2. The molecule has 1 saturated heterocycles. The highest BCUT2D eigenvalue weighted by atomic mass is 35.5. The fraction of sp³-hybridized carbons (Fsp3) is 0.316. The van der Waals surface area contributed by atoms with E-state index in [0.717, 1.165) is 42.7 Å². The van der Waals surface area contributed by atoms with Gasteiger partial charge in [0.25, 0.3) is 5.91 Å². The minimum Gasteiger partial charge on any atom is -0.325 e. The van der Waals surface area contributed by atoms with Gasteiger partial charge < -0.3 is 15.5 Å². The second-order valence-electron chi connectivity index (χ2n) is 6.43. The van der Waals surface area contributed by atoms with Crippen molar-refractivity contribution in [2.45, 2.75) is 25.3 Å². The van der Waals surface area contributed by atoms with Crippen molar-refractivity contribution in [2.75, 3.05) is 23.3 Å². The molecule has 3 heterocycles. The van der Waals surface area contributed by atoms with Gasteiger partial charge >= 0.3 is 0 Å². The van der Waals surface area contributed by atoms with Gasteiger partial charge in [0.15, 0.2) is 0 Å². The van der Waals surface area contributed by atoms with E-state index in [2.05, 4.69) is 15.6 Å². The lowest BCUT2D eigenvalue weighted by Gasteiger charge is -2.18. The van der Waals surface area contributed by atoms with E-state index in [9.17, 15) is 9.59 Å². The van der Waals surface area contributed by atoms with Crippen LogP contribution < -0.4 is 15.5 Å². The molecule has 2 aromatic rings. The molecule has 0 saturated carbocycles. The van der Waals surface area contributed by atoms with Crippen molar-refractivity contribution < 1.29 is 9.59 Å². The highest BCUT2D eigenvalue weighted by Gasteiger charge is 2.27. The van der Waals surface area contributed by atoms with Gasteiger partial charge in [0.05, 0.1) is 11.6 Å². The average molecular weight is 409 g/mol. The van der Waals surface area contributed by atoms with Crippen LogP contribution in [0.25, 0.3) is 0 Å². The van der Waals surface area contributed by atoms with Gasteiger partial charge in [-0.25, -0.2) is 0 Å². The number of anilines is 2. The summed E-state index contributed by atoms with van der Waals surface area (Å²) < 4.78 is 0. The van der Waals surface area contributed by atoms with E-state index in [0.29, 0.717) is 12.1 Å². The molecule has 27 heavy (non-hydrogen) atoms. The lowest BCUT2D eigenvalue weighted by Crippen LogP contribution is -2.35. The molecule has 1 aromatic carbocycles. The first-order valence-corrected chi connectivity index (χ1v) is 8.61. The second-order valence-corrected chi connectivity index (χ2v) is 6.43. The van der Waals surface area contributed by atoms with E-state index < -0.39 is 0 Å². The molecule has 0 bridgehead atoms. The summed E-state index contributed by atoms with van der Waals surface area (Å²) in [6, 6.07) is 9.18. The number of amides is 2. The van der Waals surface area contributed by atoms with Crippen molar-refractivity contribution in [3.05, 3.63) is 53.9 Å². The van der Waals surface area contributed by atoms with E-state index >= 15 is 0 Å². The number of carbonyl (C=O) groups is 2. The van der Waals surface area contributed by atoms with Crippen LogP contribution in [0.2, 0.25) is 0 Å². The molecule has 8 heteroatoms.